The summed E-state index contributed by atoms with van der Waals surface area (Å²) in [5.74, 6) is -2.45. The first-order chi connectivity index (χ1) is 17.1. The molecule has 0 fully saturated rings. The molecule has 1 aromatic rings. The van der Waals surface area contributed by atoms with Crippen LogP contribution in [-0.2, 0) is 33.3 Å². The lowest BCUT2D eigenvalue weighted by atomic mass is 9.91. The van der Waals surface area contributed by atoms with Crippen LogP contribution in [-0.4, -0.2) is 74.7 Å². The summed E-state index contributed by atoms with van der Waals surface area (Å²) in [6.45, 7) is 8.62. The smallest absolute Gasteiger partial charge is 0.339 e. The topological polar surface area (TPSA) is 135 Å². The number of unbranched alkanes of at least 4 members (excludes halogenated alkanes) is 1. The number of hydrogen-bond acceptors (Lipinski definition) is 10. The van der Waals surface area contributed by atoms with Crippen molar-refractivity contribution < 1.29 is 48.0 Å². The van der Waals surface area contributed by atoms with E-state index in [1.807, 2.05) is 6.92 Å². The molecule has 0 aromatic heterocycles. The van der Waals surface area contributed by atoms with Gasteiger partial charge in [0.25, 0.3) is 0 Å². The number of aliphatic hydroxyl groups is 1. The van der Waals surface area contributed by atoms with Crippen LogP contribution >= 0.6 is 0 Å². The van der Waals surface area contributed by atoms with Gasteiger partial charge in [0.1, 0.15) is 25.9 Å². The van der Waals surface area contributed by atoms with Gasteiger partial charge in [0, 0.05) is 12.7 Å². The number of aliphatic hydroxyl groups excluding tert-OH is 1. The molecule has 0 aliphatic rings. The first-order valence-corrected chi connectivity index (χ1v) is 11.8. The molecule has 0 saturated heterocycles. The standard InChI is InChI=1S/C26H36O10/c1-5-22(28)33-14-10-9-13-32-17-19(27)18-36-24(30)21-12-8-7-11-20(21)23(29)34-15-16-35-25(31)26(3,4)6-2/h5,7-8,11-12,19,27H,1,6,9-10,13-18H2,2-4H3. The Hall–Kier alpha value is -3.24. The van der Waals surface area contributed by atoms with Crippen LogP contribution in [0.15, 0.2) is 36.9 Å². The molecule has 0 bridgehead atoms. The van der Waals surface area contributed by atoms with E-state index in [1.54, 1.807) is 26.0 Å². The van der Waals surface area contributed by atoms with Crippen molar-refractivity contribution in [2.45, 2.75) is 46.1 Å². The summed E-state index contributed by atoms with van der Waals surface area (Å²) in [4.78, 5) is 47.8. The lowest BCUT2D eigenvalue weighted by molar-refractivity contribution is -0.155. The van der Waals surface area contributed by atoms with E-state index in [0.717, 1.165) is 6.08 Å². The highest BCUT2D eigenvalue weighted by Gasteiger charge is 2.27. The molecule has 1 unspecified atom stereocenters. The van der Waals surface area contributed by atoms with Gasteiger partial charge in [0.15, 0.2) is 0 Å². The van der Waals surface area contributed by atoms with Gasteiger partial charge in [-0.1, -0.05) is 25.6 Å². The summed E-state index contributed by atoms with van der Waals surface area (Å²) in [7, 11) is 0. The molecule has 10 heteroatoms. The van der Waals surface area contributed by atoms with E-state index in [4.69, 9.17) is 23.7 Å². The van der Waals surface area contributed by atoms with Gasteiger partial charge >= 0.3 is 23.9 Å². The fourth-order valence-electron chi connectivity index (χ4n) is 2.58. The van der Waals surface area contributed by atoms with Gasteiger partial charge in [-0.2, -0.15) is 0 Å². The van der Waals surface area contributed by atoms with Gasteiger partial charge in [-0.15, -0.1) is 0 Å². The Morgan fingerprint density at radius 3 is 2.08 bits per heavy atom. The third-order valence-corrected chi connectivity index (χ3v) is 5.16. The fraction of sp³-hybridized carbons (Fsp3) is 0.538. The number of esters is 4. The van der Waals surface area contributed by atoms with Crippen molar-refractivity contribution in [1.82, 2.24) is 0 Å². The Morgan fingerprint density at radius 2 is 1.47 bits per heavy atom. The molecule has 1 N–H and O–H groups in total. The average molecular weight is 509 g/mol. The highest BCUT2D eigenvalue weighted by atomic mass is 16.6. The molecule has 200 valence electrons. The summed E-state index contributed by atoms with van der Waals surface area (Å²) < 4.78 is 25.5. The molecule has 36 heavy (non-hydrogen) atoms. The lowest BCUT2D eigenvalue weighted by Crippen LogP contribution is -2.27. The van der Waals surface area contributed by atoms with Crippen LogP contribution in [0.3, 0.4) is 0 Å². The highest BCUT2D eigenvalue weighted by molar-refractivity contribution is 6.03. The number of carbonyl (C=O) groups is 4. The zero-order valence-corrected chi connectivity index (χ0v) is 21.2. The number of hydrogen-bond donors (Lipinski definition) is 1. The predicted molar refractivity (Wildman–Crippen MR) is 129 cm³/mol. The summed E-state index contributed by atoms with van der Waals surface area (Å²) in [5, 5.41) is 9.98. The van der Waals surface area contributed by atoms with Crippen LogP contribution in [0.1, 0.15) is 60.7 Å². The quantitative estimate of drug-likeness (QED) is 0.145. The second kappa shape index (κ2) is 16.4. The van der Waals surface area contributed by atoms with Gasteiger partial charge in [0.2, 0.25) is 0 Å². The molecule has 1 aromatic carbocycles. The lowest BCUT2D eigenvalue weighted by Gasteiger charge is -2.20. The second-order valence-corrected chi connectivity index (χ2v) is 8.46. The molecule has 0 heterocycles. The van der Waals surface area contributed by atoms with Crippen LogP contribution in [0.2, 0.25) is 0 Å². The normalized spacial score (nSPS) is 11.8. The maximum absolute atomic E-state index is 12.5. The van der Waals surface area contributed by atoms with E-state index in [2.05, 4.69) is 6.58 Å². The fourth-order valence-corrected chi connectivity index (χ4v) is 2.58. The molecule has 1 atom stereocenters. The maximum atomic E-state index is 12.5. The minimum Gasteiger partial charge on any atom is -0.463 e. The molecular weight excluding hydrogens is 472 g/mol. The van der Waals surface area contributed by atoms with Crippen molar-refractivity contribution in [2.75, 3.05) is 39.6 Å². The average Bonchev–Trinajstić information content (AvgIpc) is 2.88. The van der Waals surface area contributed by atoms with E-state index >= 15 is 0 Å². The summed E-state index contributed by atoms with van der Waals surface area (Å²) >= 11 is 0. The van der Waals surface area contributed by atoms with Crippen LogP contribution in [0.4, 0.5) is 0 Å². The molecule has 0 saturated carbocycles. The number of ether oxygens (including phenoxy) is 5. The van der Waals surface area contributed by atoms with Crippen LogP contribution < -0.4 is 0 Å². The van der Waals surface area contributed by atoms with E-state index < -0.39 is 29.4 Å². The third-order valence-electron chi connectivity index (χ3n) is 5.16. The molecule has 0 aliphatic carbocycles. The SMILES string of the molecule is C=CC(=O)OCCCCOCC(O)COC(=O)c1ccccc1C(=O)OCCOC(=O)C(C)(C)CC. The van der Waals surface area contributed by atoms with Gasteiger partial charge in [-0.3, -0.25) is 4.79 Å². The van der Waals surface area contributed by atoms with Gasteiger partial charge in [0.05, 0.1) is 29.8 Å². The largest absolute Gasteiger partial charge is 0.463 e. The minimum atomic E-state index is -1.06. The number of rotatable bonds is 17. The molecule has 0 radical (unpaired) electrons. The molecule has 0 spiro atoms. The summed E-state index contributed by atoms with van der Waals surface area (Å²) in [6.07, 6.45) is 1.84. The van der Waals surface area contributed by atoms with Gasteiger partial charge in [-0.25, -0.2) is 14.4 Å². The number of benzene rings is 1. The Labute approximate surface area is 211 Å². The van der Waals surface area contributed by atoms with E-state index in [9.17, 15) is 24.3 Å². The van der Waals surface area contributed by atoms with E-state index in [1.165, 1.54) is 12.1 Å². The molecule has 0 amide bonds. The summed E-state index contributed by atoms with van der Waals surface area (Å²) in [5.41, 5.74) is -0.655. The van der Waals surface area contributed by atoms with Gasteiger partial charge in [-0.05, 0) is 45.2 Å². The highest BCUT2D eigenvalue weighted by Crippen LogP contribution is 2.21. The van der Waals surface area contributed by atoms with Crippen LogP contribution in [0.25, 0.3) is 0 Å². The Kier molecular flexibility index (Phi) is 14.1. The summed E-state index contributed by atoms with van der Waals surface area (Å²) in [6, 6.07) is 5.95. The zero-order valence-electron chi connectivity index (χ0n) is 21.2. The van der Waals surface area contributed by atoms with Crippen LogP contribution in [0.5, 0.6) is 0 Å². The van der Waals surface area contributed by atoms with Crippen molar-refractivity contribution in [2.24, 2.45) is 5.41 Å². The first-order valence-electron chi connectivity index (χ1n) is 11.8. The zero-order chi connectivity index (χ0) is 27.0. The van der Waals surface area contributed by atoms with Crippen molar-refractivity contribution in [3.05, 3.63) is 48.0 Å². The Bertz CT molecular complexity index is 877. The maximum Gasteiger partial charge on any atom is 0.339 e. The van der Waals surface area contributed by atoms with E-state index in [0.29, 0.717) is 25.9 Å². The monoisotopic (exact) mass is 508 g/mol. The van der Waals surface area contributed by atoms with Crippen molar-refractivity contribution in [3.63, 3.8) is 0 Å². The van der Waals surface area contributed by atoms with Crippen molar-refractivity contribution >= 4 is 23.9 Å². The predicted octanol–water partition coefficient (Wildman–Crippen LogP) is 2.87. The Morgan fingerprint density at radius 1 is 0.889 bits per heavy atom. The van der Waals surface area contributed by atoms with Crippen molar-refractivity contribution in [1.29, 1.82) is 0 Å². The molecule has 10 nitrogen and oxygen atoms in total. The third kappa shape index (κ3) is 11.5. The van der Waals surface area contributed by atoms with Crippen LogP contribution in [0, 0.1) is 5.41 Å². The minimum absolute atomic E-state index is 0.00870. The van der Waals surface area contributed by atoms with E-state index in [-0.39, 0.29) is 50.1 Å². The first kappa shape index (κ1) is 30.8. The number of carbonyl (C=O) groups excluding carboxylic acids is 4. The molecular formula is C26H36O10. The Balaban J connectivity index is 2.40. The second-order valence-electron chi connectivity index (χ2n) is 8.46. The molecule has 0 aliphatic heterocycles. The molecule has 1 rings (SSSR count). The van der Waals surface area contributed by atoms with Crippen molar-refractivity contribution in [3.8, 4) is 0 Å². The van der Waals surface area contributed by atoms with Gasteiger partial charge < -0.3 is 28.8 Å².